The van der Waals surface area contributed by atoms with Crippen LogP contribution in [0.25, 0.3) is 5.65 Å². The van der Waals surface area contributed by atoms with Crippen molar-refractivity contribution in [1.29, 1.82) is 0 Å². The van der Waals surface area contributed by atoms with Gasteiger partial charge in [-0.1, -0.05) is 30.9 Å². The number of aromatic nitrogens is 3. The number of halogens is 1. The van der Waals surface area contributed by atoms with Crippen LogP contribution in [0.3, 0.4) is 0 Å². The Morgan fingerprint density at radius 2 is 2.35 bits per heavy atom. The molecular weight excluding hydrogens is 470 g/mol. The van der Waals surface area contributed by atoms with Gasteiger partial charge in [-0.15, -0.1) is 0 Å². The van der Waals surface area contributed by atoms with Crippen molar-refractivity contribution in [2.75, 3.05) is 25.0 Å². The zero-order chi connectivity index (χ0) is 21.6. The van der Waals surface area contributed by atoms with E-state index in [0.717, 1.165) is 53.3 Å². The van der Waals surface area contributed by atoms with Crippen LogP contribution in [0, 0.1) is 0 Å². The molecule has 1 fully saturated rings. The molecule has 0 amide bonds. The molecule has 0 spiro atoms. The molecule has 1 atom stereocenters. The number of nitrogens with one attached hydrogen (secondary N) is 1. The molecule has 4 heterocycles. The smallest absolute Gasteiger partial charge is 0.171 e. The third-order valence-electron chi connectivity index (χ3n) is 5.60. The van der Waals surface area contributed by atoms with Gasteiger partial charge in [0.05, 0.1) is 16.4 Å². The highest BCUT2D eigenvalue weighted by molar-refractivity contribution is 9.10. The van der Waals surface area contributed by atoms with Crippen LogP contribution in [0.1, 0.15) is 36.9 Å². The maximum absolute atomic E-state index is 4.99. The second kappa shape index (κ2) is 10.4. The van der Waals surface area contributed by atoms with Crippen molar-refractivity contribution in [3.05, 3.63) is 81.3 Å². The van der Waals surface area contributed by atoms with Gasteiger partial charge in [-0.3, -0.25) is 4.90 Å². The van der Waals surface area contributed by atoms with Gasteiger partial charge < -0.3 is 5.32 Å². The highest BCUT2D eigenvalue weighted by atomic mass is 79.9. The van der Waals surface area contributed by atoms with E-state index in [0.29, 0.717) is 12.5 Å². The van der Waals surface area contributed by atoms with Crippen LogP contribution in [0.15, 0.2) is 70.0 Å². The average Bonchev–Trinajstić information content (AvgIpc) is 3.44. The number of rotatable bonds is 8. The summed E-state index contributed by atoms with van der Waals surface area (Å²) in [5.41, 5.74) is 4.51. The van der Waals surface area contributed by atoms with Crippen LogP contribution in [-0.4, -0.2) is 39.1 Å². The maximum Gasteiger partial charge on any atom is 0.171 e. The molecule has 1 N–H and O–H groups in total. The quantitative estimate of drug-likeness (QED) is 0.385. The first kappa shape index (κ1) is 22.0. The van der Waals surface area contributed by atoms with E-state index in [2.05, 4.69) is 66.8 Å². The maximum atomic E-state index is 4.99. The normalized spacial score (nSPS) is 18.1. The Kier molecular flexibility index (Phi) is 7.37. The predicted octanol–water partition coefficient (Wildman–Crippen LogP) is 6.03. The molecule has 0 aliphatic carbocycles. The summed E-state index contributed by atoms with van der Waals surface area (Å²) >= 11 is 5.39. The predicted molar refractivity (Wildman–Crippen MR) is 134 cm³/mol. The minimum Gasteiger partial charge on any atom is -0.366 e. The standard InChI is InChI=1S/C24H28BrN5S/c1-3-5-7-18(4-2)13-26-23-12-22(28-24-21(25)14-27-30(23)24)20-8-6-10-29(16-20)15-19-9-11-31-17-19/h3-5,7,9,11-12,14,17,20,26H,2,6,8,10,13,15-16H2,1H3/b5-3-,18-7+. The molecule has 162 valence electrons. The first-order chi connectivity index (χ1) is 15.2. The summed E-state index contributed by atoms with van der Waals surface area (Å²) in [5, 5.41) is 12.5. The number of nitrogens with zero attached hydrogens (tertiary/aromatic N) is 4. The summed E-state index contributed by atoms with van der Waals surface area (Å²) in [6.45, 7) is 9.82. The monoisotopic (exact) mass is 497 g/mol. The Bertz CT molecular complexity index is 1080. The van der Waals surface area contributed by atoms with Crippen LogP contribution in [0.2, 0.25) is 0 Å². The van der Waals surface area contributed by atoms with Crippen LogP contribution in [0.5, 0.6) is 0 Å². The van der Waals surface area contributed by atoms with Crippen LogP contribution in [0.4, 0.5) is 5.82 Å². The van der Waals surface area contributed by atoms with E-state index >= 15 is 0 Å². The zero-order valence-corrected chi connectivity index (χ0v) is 20.2. The number of thiophene rings is 1. The van der Waals surface area contributed by atoms with Gasteiger partial charge in [0, 0.05) is 31.6 Å². The Labute approximate surface area is 196 Å². The lowest BCUT2D eigenvalue weighted by atomic mass is 9.94. The van der Waals surface area contributed by atoms with E-state index in [1.165, 1.54) is 12.0 Å². The Balaban J connectivity index is 1.57. The number of likely N-dealkylation sites (tertiary alicyclic amines) is 1. The summed E-state index contributed by atoms with van der Waals surface area (Å²) in [6, 6.07) is 4.39. The van der Waals surface area contributed by atoms with Crippen LogP contribution in [-0.2, 0) is 6.54 Å². The topological polar surface area (TPSA) is 45.5 Å². The number of anilines is 1. The second-order valence-corrected chi connectivity index (χ2v) is 9.46. The average molecular weight is 498 g/mol. The van der Waals surface area contributed by atoms with E-state index in [4.69, 9.17) is 4.98 Å². The lowest BCUT2D eigenvalue weighted by molar-refractivity contribution is 0.199. The molecule has 5 nitrogen and oxygen atoms in total. The van der Waals surface area contributed by atoms with Gasteiger partial charge in [-0.2, -0.15) is 21.0 Å². The van der Waals surface area contributed by atoms with Gasteiger partial charge in [-0.25, -0.2) is 4.98 Å². The van der Waals surface area contributed by atoms with Gasteiger partial charge in [-0.05, 0) is 70.2 Å². The minimum absolute atomic E-state index is 0.414. The lowest BCUT2D eigenvalue weighted by Crippen LogP contribution is -2.34. The van der Waals surface area contributed by atoms with Crippen LogP contribution >= 0.6 is 27.3 Å². The largest absolute Gasteiger partial charge is 0.366 e. The molecule has 1 saturated heterocycles. The molecule has 0 saturated carbocycles. The molecule has 1 aliphatic heterocycles. The molecule has 0 bridgehead atoms. The highest BCUT2D eigenvalue weighted by Crippen LogP contribution is 2.30. The van der Waals surface area contributed by atoms with Gasteiger partial charge in [0.1, 0.15) is 5.82 Å². The fraction of sp³-hybridized carbons (Fsp3) is 0.333. The molecule has 31 heavy (non-hydrogen) atoms. The van der Waals surface area contributed by atoms with E-state index in [9.17, 15) is 0 Å². The highest BCUT2D eigenvalue weighted by Gasteiger charge is 2.24. The van der Waals surface area contributed by atoms with Gasteiger partial charge in [0.15, 0.2) is 5.65 Å². The molecule has 0 radical (unpaired) electrons. The molecule has 4 rings (SSSR count). The van der Waals surface area contributed by atoms with Gasteiger partial charge in [0.2, 0.25) is 0 Å². The van der Waals surface area contributed by atoms with Crippen molar-refractivity contribution in [2.24, 2.45) is 0 Å². The summed E-state index contributed by atoms with van der Waals surface area (Å²) in [7, 11) is 0. The first-order valence-electron chi connectivity index (χ1n) is 10.6. The van der Waals surface area contributed by atoms with Crippen molar-refractivity contribution >= 4 is 38.7 Å². The lowest BCUT2D eigenvalue weighted by Gasteiger charge is -2.32. The number of hydrogen-bond donors (Lipinski definition) is 1. The summed E-state index contributed by atoms with van der Waals surface area (Å²) in [4.78, 5) is 7.54. The van der Waals surface area contributed by atoms with Gasteiger partial charge in [0.25, 0.3) is 0 Å². The zero-order valence-electron chi connectivity index (χ0n) is 17.8. The molecule has 3 aromatic rings. The summed E-state index contributed by atoms with van der Waals surface area (Å²) in [5.74, 6) is 1.37. The molecular formula is C24H28BrN5S. The third-order valence-corrected chi connectivity index (χ3v) is 6.89. The molecule has 0 aromatic carbocycles. The van der Waals surface area contributed by atoms with E-state index in [1.807, 2.05) is 35.9 Å². The fourth-order valence-corrected chi connectivity index (χ4v) is 4.99. The van der Waals surface area contributed by atoms with Crippen LogP contribution < -0.4 is 5.32 Å². The van der Waals surface area contributed by atoms with E-state index < -0.39 is 0 Å². The summed E-state index contributed by atoms with van der Waals surface area (Å²) < 4.78 is 2.78. The van der Waals surface area contributed by atoms with E-state index in [-0.39, 0.29) is 0 Å². The van der Waals surface area contributed by atoms with Crippen molar-refractivity contribution in [1.82, 2.24) is 19.5 Å². The van der Waals surface area contributed by atoms with Gasteiger partial charge >= 0.3 is 0 Å². The summed E-state index contributed by atoms with van der Waals surface area (Å²) in [6.07, 6.45) is 12.2. The molecule has 3 aromatic heterocycles. The number of piperidine rings is 1. The number of fused-ring (bicyclic) bond motifs is 1. The Morgan fingerprint density at radius 1 is 1.45 bits per heavy atom. The van der Waals surface area contributed by atoms with Crippen molar-refractivity contribution in [2.45, 2.75) is 32.2 Å². The molecule has 1 aliphatic rings. The number of hydrogen-bond acceptors (Lipinski definition) is 5. The third kappa shape index (κ3) is 5.34. The van der Waals surface area contributed by atoms with Crippen molar-refractivity contribution in [3.8, 4) is 0 Å². The van der Waals surface area contributed by atoms with E-state index in [1.54, 1.807) is 11.3 Å². The first-order valence-corrected chi connectivity index (χ1v) is 12.4. The second-order valence-electron chi connectivity index (χ2n) is 7.83. The Hall–Kier alpha value is -2.22. The fourth-order valence-electron chi connectivity index (χ4n) is 3.98. The SMILES string of the molecule is C=C/C(=C\C=C/C)CNc1cc(C2CCCN(Cc3ccsc3)C2)nc2c(Br)cnn12. The van der Waals surface area contributed by atoms with Crippen molar-refractivity contribution in [3.63, 3.8) is 0 Å². The van der Waals surface area contributed by atoms with Crippen molar-refractivity contribution < 1.29 is 0 Å². The Morgan fingerprint density at radius 3 is 3.13 bits per heavy atom. The molecule has 7 heteroatoms. The molecule has 1 unspecified atom stereocenters. The number of allylic oxidation sites excluding steroid dienone is 3. The minimum atomic E-state index is 0.414.